The fourth-order valence-electron chi connectivity index (χ4n) is 3.90. The van der Waals surface area contributed by atoms with Gasteiger partial charge in [0.2, 0.25) is 0 Å². The second-order valence-corrected chi connectivity index (χ2v) is 8.15. The molecule has 0 radical (unpaired) electrons. The number of urea groups is 1. The molecule has 0 bridgehead atoms. The summed E-state index contributed by atoms with van der Waals surface area (Å²) >= 11 is 0. The number of ether oxygens (including phenoxy) is 1. The van der Waals surface area contributed by atoms with Crippen molar-refractivity contribution in [3.63, 3.8) is 0 Å². The summed E-state index contributed by atoms with van der Waals surface area (Å²) in [5.74, 6) is -0.584. The van der Waals surface area contributed by atoms with Gasteiger partial charge in [-0.25, -0.2) is 4.79 Å². The Labute approximate surface area is 204 Å². The van der Waals surface area contributed by atoms with Crippen molar-refractivity contribution >= 4 is 29.6 Å². The molecule has 4 amide bonds. The molecule has 35 heavy (non-hydrogen) atoms. The first kappa shape index (κ1) is 23.8. The van der Waals surface area contributed by atoms with Gasteiger partial charge in [0.25, 0.3) is 11.8 Å². The number of rotatable bonds is 8. The number of hydrogen-bond acceptors (Lipinski definition) is 5. The number of anilines is 1. The van der Waals surface area contributed by atoms with E-state index in [1.165, 1.54) is 11.6 Å². The van der Waals surface area contributed by atoms with Crippen molar-refractivity contribution in [1.82, 2.24) is 10.6 Å². The molecule has 0 saturated carbocycles. The average Bonchev–Trinajstić information content (AvgIpc) is 2.86. The molecule has 7 nitrogen and oxygen atoms in total. The minimum atomic E-state index is -0.808. The molecule has 7 heteroatoms. The number of likely N-dealkylation sites (N-methyl/N-ethyl adjacent to an activating group) is 1. The summed E-state index contributed by atoms with van der Waals surface area (Å²) < 4.78 is 5.97. The summed E-state index contributed by atoms with van der Waals surface area (Å²) in [6, 6.07) is 23.3. The van der Waals surface area contributed by atoms with Gasteiger partial charge in [0, 0.05) is 12.2 Å². The number of benzene rings is 3. The van der Waals surface area contributed by atoms with Crippen LogP contribution in [0.3, 0.4) is 0 Å². The summed E-state index contributed by atoms with van der Waals surface area (Å²) in [7, 11) is 0. The van der Waals surface area contributed by atoms with Crippen molar-refractivity contribution in [2.75, 3.05) is 24.6 Å². The molecule has 1 aliphatic rings. The smallest absolute Gasteiger partial charge is 0.328 e. The SMILES string of the molecule is CCN(CCOc1ccc(-c2ccccc2)cc1)c1ccc(C=C2C(=O)NC(=O)NC2=O)c(C)c1. The van der Waals surface area contributed by atoms with Crippen LogP contribution in [0.4, 0.5) is 10.5 Å². The molecule has 0 unspecified atom stereocenters. The average molecular weight is 470 g/mol. The Morgan fingerprint density at radius 2 is 1.51 bits per heavy atom. The summed E-state index contributed by atoms with van der Waals surface area (Å²) in [6.45, 7) is 6.01. The highest BCUT2D eigenvalue weighted by molar-refractivity contribution is 6.31. The van der Waals surface area contributed by atoms with Gasteiger partial charge in [-0.1, -0.05) is 48.5 Å². The van der Waals surface area contributed by atoms with Crippen LogP contribution < -0.4 is 20.3 Å². The number of barbiturate groups is 1. The molecule has 3 aromatic carbocycles. The lowest BCUT2D eigenvalue weighted by Crippen LogP contribution is -2.51. The number of imide groups is 2. The van der Waals surface area contributed by atoms with Gasteiger partial charge in [0.1, 0.15) is 17.9 Å². The second-order valence-electron chi connectivity index (χ2n) is 8.15. The highest BCUT2D eigenvalue weighted by Gasteiger charge is 2.27. The van der Waals surface area contributed by atoms with Crippen LogP contribution in [0.5, 0.6) is 5.75 Å². The Hall–Kier alpha value is -4.39. The summed E-state index contributed by atoms with van der Waals surface area (Å²) in [6.07, 6.45) is 1.49. The molecule has 1 saturated heterocycles. The van der Waals surface area contributed by atoms with Crippen LogP contribution in [-0.4, -0.2) is 37.5 Å². The van der Waals surface area contributed by atoms with Crippen LogP contribution in [0.1, 0.15) is 18.1 Å². The molecule has 4 rings (SSSR count). The molecule has 0 aliphatic carbocycles. The first-order valence-electron chi connectivity index (χ1n) is 11.5. The highest BCUT2D eigenvalue weighted by Crippen LogP contribution is 2.24. The maximum Gasteiger partial charge on any atom is 0.328 e. The lowest BCUT2D eigenvalue weighted by atomic mass is 10.0. The molecular formula is C28H27N3O4. The quantitative estimate of drug-likeness (QED) is 0.379. The molecule has 2 N–H and O–H groups in total. The first-order chi connectivity index (χ1) is 16.9. The zero-order chi connectivity index (χ0) is 24.8. The summed E-state index contributed by atoms with van der Waals surface area (Å²) in [5.41, 5.74) is 4.87. The standard InChI is InChI=1S/C28H27N3O4/c1-3-31(15-16-35-24-13-10-21(11-14-24)20-7-5-4-6-8-20)23-12-9-22(19(2)17-23)18-25-26(32)29-28(34)30-27(25)33/h4-14,17-18H,3,15-16H2,1-2H3,(H2,29,30,32,33,34). The van der Waals surface area contributed by atoms with Gasteiger partial charge in [-0.15, -0.1) is 0 Å². The van der Waals surface area contributed by atoms with Crippen molar-refractivity contribution in [2.24, 2.45) is 0 Å². The number of nitrogens with zero attached hydrogens (tertiary/aromatic N) is 1. The predicted octanol–water partition coefficient (Wildman–Crippen LogP) is 4.32. The Balaban J connectivity index is 1.38. The van der Waals surface area contributed by atoms with E-state index in [4.69, 9.17) is 4.74 Å². The number of amides is 4. The first-order valence-corrected chi connectivity index (χ1v) is 11.5. The Morgan fingerprint density at radius 1 is 0.857 bits per heavy atom. The number of carbonyl (C=O) groups excluding carboxylic acids is 3. The van der Waals surface area contributed by atoms with Crippen LogP contribution in [0.2, 0.25) is 0 Å². The fraction of sp³-hybridized carbons (Fsp3) is 0.179. The maximum atomic E-state index is 12.0. The Morgan fingerprint density at radius 3 is 2.14 bits per heavy atom. The number of hydrogen-bond donors (Lipinski definition) is 2. The number of carbonyl (C=O) groups is 3. The van der Waals surface area contributed by atoms with E-state index in [-0.39, 0.29) is 5.57 Å². The largest absolute Gasteiger partial charge is 0.492 e. The molecule has 0 spiro atoms. The van der Waals surface area contributed by atoms with Crippen molar-refractivity contribution in [3.05, 3.63) is 89.5 Å². The van der Waals surface area contributed by atoms with Gasteiger partial charge in [-0.2, -0.15) is 0 Å². The van der Waals surface area contributed by atoms with E-state index in [0.717, 1.165) is 34.7 Å². The van der Waals surface area contributed by atoms with Crippen molar-refractivity contribution in [1.29, 1.82) is 0 Å². The van der Waals surface area contributed by atoms with Crippen molar-refractivity contribution in [2.45, 2.75) is 13.8 Å². The fourth-order valence-corrected chi connectivity index (χ4v) is 3.90. The zero-order valence-electron chi connectivity index (χ0n) is 19.7. The molecular weight excluding hydrogens is 442 g/mol. The monoisotopic (exact) mass is 469 g/mol. The lowest BCUT2D eigenvalue weighted by molar-refractivity contribution is -0.123. The molecule has 1 heterocycles. The zero-order valence-corrected chi connectivity index (χ0v) is 19.7. The van der Waals surface area contributed by atoms with Crippen LogP contribution >= 0.6 is 0 Å². The van der Waals surface area contributed by atoms with Crippen molar-refractivity contribution in [3.8, 4) is 16.9 Å². The molecule has 1 aliphatic heterocycles. The van der Waals surface area contributed by atoms with Gasteiger partial charge in [0.05, 0.1) is 6.54 Å². The van der Waals surface area contributed by atoms with Crippen LogP contribution in [-0.2, 0) is 9.59 Å². The Bertz CT molecular complexity index is 1250. The molecule has 178 valence electrons. The van der Waals surface area contributed by atoms with Crippen molar-refractivity contribution < 1.29 is 19.1 Å². The molecule has 0 aromatic heterocycles. The highest BCUT2D eigenvalue weighted by atomic mass is 16.5. The normalized spacial score (nSPS) is 13.2. The van der Waals surface area contributed by atoms with E-state index >= 15 is 0 Å². The third-order valence-electron chi connectivity index (χ3n) is 5.83. The number of aryl methyl sites for hydroxylation is 1. The van der Waals surface area contributed by atoms with Crippen LogP contribution in [0, 0.1) is 6.92 Å². The van der Waals surface area contributed by atoms with E-state index in [0.29, 0.717) is 13.2 Å². The van der Waals surface area contributed by atoms with Crippen LogP contribution in [0.25, 0.3) is 17.2 Å². The summed E-state index contributed by atoms with van der Waals surface area (Å²) in [4.78, 5) is 37.4. The molecule has 0 atom stereocenters. The predicted molar refractivity (Wildman–Crippen MR) is 136 cm³/mol. The van der Waals surface area contributed by atoms with Gasteiger partial charge < -0.3 is 9.64 Å². The van der Waals surface area contributed by atoms with E-state index < -0.39 is 17.8 Å². The van der Waals surface area contributed by atoms with E-state index in [2.05, 4.69) is 46.7 Å². The van der Waals surface area contributed by atoms with Crippen LogP contribution in [0.15, 0.2) is 78.4 Å². The third kappa shape index (κ3) is 5.76. The van der Waals surface area contributed by atoms with E-state index in [1.807, 2.05) is 55.5 Å². The van der Waals surface area contributed by atoms with Gasteiger partial charge in [-0.05, 0) is 66.4 Å². The lowest BCUT2D eigenvalue weighted by Gasteiger charge is -2.24. The second kappa shape index (κ2) is 10.7. The molecule has 3 aromatic rings. The minimum Gasteiger partial charge on any atom is -0.492 e. The van der Waals surface area contributed by atoms with Gasteiger partial charge in [0.15, 0.2) is 0 Å². The number of nitrogens with one attached hydrogen (secondary N) is 2. The maximum absolute atomic E-state index is 12.0. The minimum absolute atomic E-state index is 0.0977. The summed E-state index contributed by atoms with van der Waals surface area (Å²) in [5, 5.41) is 4.17. The van der Waals surface area contributed by atoms with Gasteiger partial charge in [-0.3, -0.25) is 20.2 Å². The van der Waals surface area contributed by atoms with E-state index in [1.54, 1.807) is 0 Å². The Kier molecular flexibility index (Phi) is 7.26. The van der Waals surface area contributed by atoms with E-state index in [9.17, 15) is 14.4 Å². The molecule has 1 fully saturated rings. The third-order valence-corrected chi connectivity index (χ3v) is 5.83. The topological polar surface area (TPSA) is 87.7 Å². The van der Waals surface area contributed by atoms with Gasteiger partial charge >= 0.3 is 6.03 Å².